The van der Waals surface area contributed by atoms with E-state index < -0.39 is 0 Å². The molecule has 152 valence electrons. The zero-order valence-corrected chi connectivity index (χ0v) is 18.1. The van der Waals surface area contributed by atoms with Gasteiger partial charge in [-0.2, -0.15) is 4.98 Å². The van der Waals surface area contributed by atoms with Crippen molar-refractivity contribution < 1.29 is 0 Å². The predicted molar refractivity (Wildman–Crippen MR) is 123 cm³/mol. The lowest BCUT2D eigenvalue weighted by Crippen LogP contribution is -2.21. The number of aryl methyl sites for hydroxylation is 2. The van der Waals surface area contributed by atoms with Crippen LogP contribution in [-0.2, 0) is 6.54 Å². The van der Waals surface area contributed by atoms with Gasteiger partial charge in [-0.05, 0) is 57.0 Å². The third kappa shape index (κ3) is 5.25. The Morgan fingerprint density at radius 1 is 0.897 bits per heavy atom. The molecule has 2 aromatic carbocycles. The number of aromatic nitrogens is 2. The first kappa shape index (κ1) is 20.6. The molecule has 3 aromatic rings. The topological polar surface area (TPSA) is 44.3 Å². The quantitative estimate of drug-likeness (QED) is 0.565. The first-order valence-electron chi connectivity index (χ1n) is 10.2. The number of nitrogens with one attached hydrogen (secondary N) is 1. The first-order chi connectivity index (χ1) is 14.0. The van der Waals surface area contributed by atoms with Crippen molar-refractivity contribution >= 4 is 23.1 Å². The Morgan fingerprint density at radius 2 is 1.62 bits per heavy atom. The molecule has 0 bridgehead atoms. The summed E-state index contributed by atoms with van der Waals surface area (Å²) < 4.78 is 0. The molecule has 0 amide bonds. The van der Waals surface area contributed by atoms with E-state index in [4.69, 9.17) is 4.98 Å². The second-order valence-corrected chi connectivity index (χ2v) is 7.33. The van der Waals surface area contributed by atoms with E-state index in [1.807, 2.05) is 19.1 Å². The maximum atomic E-state index is 4.75. The summed E-state index contributed by atoms with van der Waals surface area (Å²) in [5.74, 6) is 1.53. The number of hydrogen-bond acceptors (Lipinski definition) is 5. The molecule has 29 heavy (non-hydrogen) atoms. The molecule has 1 aromatic heterocycles. The average Bonchev–Trinajstić information content (AvgIpc) is 2.71. The third-order valence-electron chi connectivity index (χ3n) is 5.08. The Kier molecular flexibility index (Phi) is 6.70. The molecule has 0 saturated heterocycles. The van der Waals surface area contributed by atoms with Crippen LogP contribution in [0, 0.1) is 13.8 Å². The van der Waals surface area contributed by atoms with Crippen molar-refractivity contribution in [1.82, 2.24) is 9.97 Å². The SMILES string of the molecule is CCN(CC)c1ccc(Nc2nc(C)cc(N(C)Cc3ccccc3)n2)c(C)c1. The van der Waals surface area contributed by atoms with E-state index in [9.17, 15) is 0 Å². The van der Waals surface area contributed by atoms with Gasteiger partial charge >= 0.3 is 0 Å². The number of nitrogens with zero attached hydrogens (tertiary/aromatic N) is 4. The van der Waals surface area contributed by atoms with Gasteiger partial charge in [0.1, 0.15) is 5.82 Å². The van der Waals surface area contributed by atoms with Crippen LogP contribution in [0.15, 0.2) is 54.6 Å². The van der Waals surface area contributed by atoms with E-state index in [0.717, 1.165) is 36.8 Å². The van der Waals surface area contributed by atoms with Crippen LogP contribution in [0.2, 0.25) is 0 Å². The fourth-order valence-corrected chi connectivity index (χ4v) is 3.44. The lowest BCUT2D eigenvalue weighted by molar-refractivity contribution is 0.865. The molecule has 0 atom stereocenters. The summed E-state index contributed by atoms with van der Waals surface area (Å²) >= 11 is 0. The molecule has 0 radical (unpaired) electrons. The lowest BCUT2D eigenvalue weighted by Gasteiger charge is -2.22. The van der Waals surface area contributed by atoms with E-state index in [-0.39, 0.29) is 0 Å². The molecule has 0 aliphatic heterocycles. The molecule has 0 aliphatic carbocycles. The molecule has 0 fully saturated rings. The minimum atomic E-state index is 0.624. The first-order valence-corrected chi connectivity index (χ1v) is 10.2. The highest BCUT2D eigenvalue weighted by Gasteiger charge is 2.10. The van der Waals surface area contributed by atoms with Gasteiger partial charge in [0.15, 0.2) is 0 Å². The summed E-state index contributed by atoms with van der Waals surface area (Å²) in [6.45, 7) is 11.3. The largest absolute Gasteiger partial charge is 0.372 e. The number of rotatable bonds is 8. The number of anilines is 4. The van der Waals surface area contributed by atoms with E-state index in [2.05, 4.69) is 90.4 Å². The van der Waals surface area contributed by atoms with E-state index in [1.165, 1.54) is 16.8 Å². The van der Waals surface area contributed by atoms with Crippen LogP contribution in [0.1, 0.15) is 30.7 Å². The van der Waals surface area contributed by atoms with Gasteiger partial charge in [0.05, 0.1) is 0 Å². The summed E-state index contributed by atoms with van der Waals surface area (Å²) in [7, 11) is 2.06. The maximum absolute atomic E-state index is 4.75. The monoisotopic (exact) mass is 389 g/mol. The minimum Gasteiger partial charge on any atom is -0.372 e. The average molecular weight is 390 g/mol. The standard InChI is InChI=1S/C24H31N5/c1-6-29(7-2)21-13-14-22(18(3)15-21)26-24-25-19(4)16-23(27-24)28(5)17-20-11-9-8-10-12-20/h8-16H,6-7,17H2,1-5H3,(H,25,26,27). The zero-order valence-electron chi connectivity index (χ0n) is 18.1. The third-order valence-corrected chi connectivity index (χ3v) is 5.08. The maximum Gasteiger partial charge on any atom is 0.229 e. The van der Waals surface area contributed by atoms with E-state index in [0.29, 0.717) is 5.95 Å². The minimum absolute atomic E-state index is 0.624. The predicted octanol–water partition coefficient (Wildman–Crippen LogP) is 5.32. The second kappa shape index (κ2) is 9.41. The van der Waals surface area contributed by atoms with Crippen LogP contribution >= 0.6 is 0 Å². The van der Waals surface area contributed by atoms with Crippen LogP contribution in [0.5, 0.6) is 0 Å². The molecule has 0 spiro atoms. The van der Waals surface area contributed by atoms with Gasteiger partial charge in [-0.1, -0.05) is 30.3 Å². The van der Waals surface area contributed by atoms with Crippen LogP contribution in [0.25, 0.3) is 0 Å². The second-order valence-electron chi connectivity index (χ2n) is 7.33. The molecular formula is C24H31N5. The Hall–Kier alpha value is -3.08. The van der Waals surface area contributed by atoms with Crippen LogP contribution in [0.4, 0.5) is 23.1 Å². The summed E-state index contributed by atoms with van der Waals surface area (Å²) in [5.41, 5.74) is 5.65. The normalized spacial score (nSPS) is 10.7. The Morgan fingerprint density at radius 3 is 2.28 bits per heavy atom. The van der Waals surface area contributed by atoms with Gasteiger partial charge in [-0.15, -0.1) is 0 Å². The molecule has 0 saturated carbocycles. The van der Waals surface area contributed by atoms with Crippen molar-refractivity contribution in [2.75, 3.05) is 35.3 Å². The summed E-state index contributed by atoms with van der Waals surface area (Å²) in [5, 5.41) is 3.41. The number of benzene rings is 2. The smallest absolute Gasteiger partial charge is 0.229 e. The summed E-state index contributed by atoms with van der Waals surface area (Å²) in [6, 6.07) is 18.9. The van der Waals surface area contributed by atoms with E-state index in [1.54, 1.807) is 0 Å². The zero-order chi connectivity index (χ0) is 20.8. The van der Waals surface area contributed by atoms with Gasteiger partial charge in [-0.3, -0.25) is 0 Å². The fourth-order valence-electron chi connectivity index (χ4n) is 3.44. The van der Waals surface area contributed by atoms with Gasteiger partial charge in [0.25, 0.3) is 0 Å². The van der Waals surface area contributed by atoms with Crippen LogP contribution < -0.4 is 15.1 Å². The van der Waals surface area contributed by atoms with Crippen LogP contribution in [-0.4, -0.2) is 30.1 Å². The molecule has 1 N–H and O–H groups in total. The summed E-state index contributed by atoms with van der Waals surface area (Å²) in [6.07, 6.45) is 0. The Bertz CT molecular complexity index is 935. The molecule has 1 heterocycles. The Labute approximate surface area is 174 Å². The van der Waals surface area contributed by atoms with E-state index >= 15 is 0 Å². The van der Waals surface area contributed by atoms with Gasteiger partial charge in [0, 0.05) is 49.8 Å². The highest BCUT2D eigenvalue weighted by atomic mass is 15.2. The van der Waals surface area contributed by atoms with Gasteiger partial charge in [-0.25, -0.2) is 4.98 Å². The molecule has 5 heteroatoms. The van der Waals surface area contributed by atoms with Crippen molar-refractivity contribution in [3.05, 3.63) is 71.4 Å². The Balaban J connectivity index is 1.79. The van der Waals surface area contributed by atoms with Crippen molar-refractivity contribution in [3.8, 4) is 0 Å². The van der Waals surface area contributed by atoms with Crippen molar-refractivity contribution in [1.29, 1.82) is 0 Å². The highest BCUT2D eigenvalue weighted by molar-refractivity contribution is 5.64. The molecule has 3 rings (SSSR count). The van der Waals surface area contributed by atoms with Crippen molar-refractivity contribution in [3.63, 3.8) is 0 Å². The van der Waals surface area contributed by atoms with Crippen molar-refractivity contribution in [2.24, 2.45) is 0 Å². The summed E-state index contributed by atoms with van der Waals surface area (Å²) in [4.78, 5) is 13.8. The van der Waals surface area contributed by atoms with Crippen LogP contribution in [0.3, 0.4) is 0 Å². The highest BCUT2D eigenvalue weighted by Crippen LogP contribution is 2.25. The number of hydrogen-bond donors (Lipinski definition) is 1. The van der Waals surface area contributed by atoms with Gasteiger partial charge in [0.2, 0.25) is 5.95 Å². The van der Waals surface area contributed by atoms with Gasteiger partial charge < -0.3 is 15.1 Å². The molecular weight excluding hydrogens is 358 g/mol. The fraction of sp³-hybridized carbons (Fsp3) is 0.333. The van der Waals surface area contributed by atoms with Crippen molar-refractivity contribution in [2.45, 2.75) is 34.2 Å². The lowest BCUT2D eigenvalue weighted by atomic mass is 10.1. The molecule has 0 aliphatic rings. The molecule has 0 unspecified atom stereocenters. The molecule has 5 nitrogen and oxygen atoms in total.